The van der Waals surface area contributed by atoms with Crippen molar-refractivity contribution in [2.75, 3.05) is 6.54 Å². The van der Waals surface area contributed by atoms with Crippen molar-refractivity contribution in [1.82, 2.24) is 9.91 Å². The highest BCUT2D eigenvalue weighted by Crippen LogP contribution is 2.62. The zero-order chi connectivity index (χ0) is 25.9. The molecule has 3 aromatic rings. The van der Waals surface area contributed by atoms with E-state index in [4.69, 9.17) is 10.6 Å². The van der Waals surface area contributed by atoms with Crippen molar-refractivity contribution < 1.29 is 36.1 Å². The first-order valence-corrected chi connectivity index (χ1v) is 13.7. The first kappa shape index (κ1) is 28.5. The number of halogens is 1. The topological polar surface area (TPSA) is 92.9 Å². The predicted octanol–water partition coefficient (Wildman–Crippen LogP) is 0.816. The maximum absolute atomic E-state index is 14.0. The highest BCUT2D eigenvalue weighted by Gasteiger charge is 2.59. The Balaban J connectivity index is 0.00000380. The van der Waals surface area contributed by atoms with Crippen LogP contribution in [0.1, 0.15) is 27.2 Å². The Morgan fingerprint density at radius 2 is 1.27 bits per heavy atom. The largest absolute Gasteiger partial charge is 1.00 e. The summed E-state index contributed by atoms with van der Waals surface area (Å²) in [6.07, 6.45) is -0.557. The quantitative estimate of drug-likeness (QED) is 0.212. The van der Waals surface area contributed by atoms with Crippen LogP contribution in [0.25, 0.3) is 0 Å². The van der Waals surface area contributed by atoms with Crippen LogP contribution in [-0.4, -0.2) is 45.7 Å². The van der Waals surface area contributed by atoms with Gasteiger partial charge in [-0.3, -0.25) is 9.69 Å². The van der Waals surface area contributed by atoms with Gasteiger partial charge in [0.2, 0.25) is 0 Å². The van der Waals surface area contributed by atoms with Gasteiger partial charge in [-0.25, -0.2) is 15.4 Å². The predicted molar refractivity (Wildman–Crippen MR) is 143 cm³/mol. The number of hydrogen-bond acceptors (Lipinski definition) is 5. The Bertz CT molecular complexity index is 1140. The van der Waals surface area contributed by atoms with E-state index in [1.807, 2.05) is 54.6 Å². The molecule has 1 saturated heterocycles. The summed E-state index contributed by atoms with van der Waals surface area (Å²) in [5, 5.41) is 3.53. The van der Waals surface area contributed by atoms with Gasteiger partial charge in [-0.1, -0.05) is 54.6 Å². The molecule has 1 fully saturated rings. The lowest BCUT2D eigenvalue weighted by atomic mass is 10.2. The normalized spacial score (nSPS) is 15.6. The third-order valence-corrected chi connectivity index (χ3v) is 10.9. The standard InChI is InChI=1S/C28H31N3O4P.BrH/c1-28(2,3)35-27(34)31(29)26(33)30-20-19-24(25(30)32)36(21-13-7-4-8-14-21,22-15-9-5-10-16-22)23-17-11-6-12-18-23;/h4-18,24H,19-20,29H2,1-3H3;1H/q+1;/p-1. The van der Waals surface area contributed by atoms with Crippen LogP contribution in [0.2, 0.25) is 0 Å². The van der Waals surface area contributed by atoms with Crippen LogP contribution in [0.3, 0.4) is 0 Å². The fourth-order valence-corrected chi connectivity index (χ4v) is 9.58. The molecule has 0 spiro atoms. The average Bonchev–Trinajstić information content (AvgIpc) is 3.26. The van der Waals surface area contributed by atoms with Gasteiger partial charge in [-0.05, 0) is 57.2 Å². The number of amides is 4. The molecule has 9 heteroatoms. The molecule has 194 valence electrons. The molecule has 0 radical (unpaired) electrons. The highest BCUT2D eigenvalue weighted by molar-refractivity contribution is 7.96. The van der Waals surface area contributed by atoms with Gasteiger partial charge in [0.15, 0.2) is 5.66 Å². The summed E-state index contributed by atoms with van der Waals surface area (Å²) in [7, 11) is -2.54. The van der Waals surface area contributed by atoms with Crippen LogP contribution >= 0.6 is 7.26 Å². The third-order valence-electron chi connectivity index (χ3n) is 6.16. The maximum Gasteiger partial charge on any atom is 0.433 e. The molecule has 3 aromatic carbocycles. The third kappa shape index (κ3) is 5.61. The van der Waals surface area contributed by atoms with Crippen molar-refractivity contribution in [2.45, 2.75) is 38.5 Å². The van der Waals surface area contributed by atoms with Crippen molar-refractivity contribution >= 4 is 41.2 Å². The molecule has 7 nitrogen and oxygen atoms in total. The number of hydrogen-bond donors (Lipinski definition) is 1. The second-order valence-corrected chi connectivity index (χ2v) is 13.3. The van der Waals surface area contributed by atoms with E-state index in [0.29, 0.717) is 11.4 Å². The lowest BCUT2D eigenvalue weighted by Crippen LogP contribution is -3.00. The van der Waals surface area contributed by atoms with E-state index in [1.165, 1.54) is 0 Å². The Morgan fingerprint density at radius 3 is 1.65 bits per heavy atom. The van der Waals surface area contributed by atoms with Crippen LogP contribution in [0, 0.1) is 0 Å². The van der Waals surface area contributed by atoms with Crippen molar-refractivity contribution in [3.05, 3.63) is 91.0 Å². The summed E-state index contributed by atoms with van der Waals surface area (Å²) in [6.45, 7) is 5.20. The van der Waals surface area contributed by atoms with Crippen molar-refractivity contribution in [3.8, 4) is 0 Å². The summed E-state index contributed by atoms with van der Waals surface area (Å²) in [4.78, 5) is 40.7. The number of likely N-dealkylation sites (tertiary alicyclic amines) is 1. The lowest BCUT2D eigenvalue weighted by molar-refractivity contribution is -0.125. The second kappa shape index (κ2) is 11.5. The molecular weight excluding hydrogens is 553 g/mol. The van der Waals surface area contributed by atoms with Crippen LogP contribution < -0.4 is 38.7 Å². The molecule has 0 aromatic heterocycles. The van der Waals surface area contributed by atoms with E-state index >= 15 is 0 Å². The molecule has 2 N–H and O–H groups in total. The molecule has 1 unspecified atom stereocenters. The maximum atomic E-state index is 14.0. The zero-order valence-electron chi connectivity index (χ0n) is 21.1. The SMILES string of the molecule is CC(C)(C)OC(=O)N(N)C(=O)N1CCC([P+](c2ccccc2)(c2ccccc2)c2ccccc2)C1=O.[Br-]. The minimum Gasteiger partial charge on any atom is -1.00 e. The Kier molecular flexibility index (Phi) is 8.90. The number of carbonyl (C=O) groups excluding carboxylic acids is 3. The number of rotatable bonds is 4. The summed E-state index contributed by atoms with van der Waals surface area (Å²) in [5.74, 6) is 5.48. The van der Waals surface area contributed by atoms with Gasteiger partial charge in [0, 0.05) is 13.0 Å². The monoisotopic (exact) mass is 583 g/mol. The molecule has 1 atom stereocenters. The fourth-order valence-electron chi connectivity index (χ4n) is 4.71. The van der Waals surface area contributed by atoms with E-state index in [1.54, 1.807) is 20.8 Å². The first-order chi connectivity index (χ1) is 17.2. The van der Waals surface area contributed by atoms with Crippen molar-refractivity contribution in [1.29, 1.82) is 0 Å². The molecule has 1 aliphatic heterocycles. The minimum atomic E-state index is -2.54. The molecule has 0 aliphatic carbocycles. The van der Waals surface area contributed by atoms with Gasteiger partial charge < -0.3 is 21.7 Å². The van der Waals surface area contributed by atoms with Gasteiger partial charge in [0.1, 0.15) is 28.8 Å². The zero-order valence-corrected chi connectivity index (χ0v) is 23.6. The summed E-state index contributed by atoms with van der Waals surface area (Å²) >= 11 is 0. The lowest BCUT2D eigenvalue weighted by Gasteiger charge is -2.32. The summed E-state index contributed by atoms with van der Waals surface area (Å²) < 4.78 is 5.23. The second-order valence-electron chi connectivity index (χ2n) is 9.66. The fraction of sp³-hybridized carbons (Fsp3) is 0.250. The van der Waals surface area contributed by atoms with Crippen LogP contribution in [0.5, 0.6) is 0 Å². The first-order valence-electron chi connectivity index (χ1n) is 11.8. The number of hydrazine groups is 1. The molecule has 4 rings (SSSR count). The molecule has 4 amide bonds. The van der Waals surface area contributed by atoms with Crippen LogP contribution in [-0.2, 0) is 9.53 Å². The smallest absolute Gasteiger partial charge is 0.433 e. The molecular formula is C28H31BrN3O4P. The Morgan fingerprint density at radius 1 is 0.865 bits per heavy atom. The molecule has 0 bridgehead atoms. The highest BCUT2D eigenvalue weighted by atomic mass is 79.9. The van der Waals surface area contributed by atoms with Gasteiger partial charge >= 0.3 is 12.1 Å². The number of benzene rings is 3. The minimum absolute atomic E-state index is 0. The van der Waals surface area contributed by atoms with E-state index in [-0.39, 0.29) is 29.4 Å². The summed E-state index contributed by atoms with van der Waals surface area (Å²) in [5.41, 5.74) is -1.33. The number of carbonyl (C=O) groups is 3. The van der Waals surface area contributed by atoms with Gasteiger partial charge in [0.25, 0.3) is 5.91 Å². The van der Waals surface area contributed by atoms with E-state index in [9.17, 15) is 14.4 Å². The average molecular weight is 584 g/mol. The number of imide groups is 2. The van der Waals surface area contributed by atoms with Crippen molar-refractivity contribution in [3.63, 3.8) is 0 Å². The summed E-state index contributed by atoms with van der Waals surface area (Å²) in [6, 6.07) is 29.2. The van der Waals surface area contributed by atoms with Crippen LogP contribution in [0.4, 0.5) is 9.59 Å². The molecule has 1 heterocycles. The number of nitrogens with zero attached hydrogens (tertiary/aromatic N) is 2. The molecule has 37 heavy (non-hydrogen) atoms. The molecule has 0 saturated carbocycles. The Hall–Kier alpha value is -3.06. The van der Waals surface area contributed by atoms with E-state index < -0.39 is 30.6 Å². The van der Waals surface area contributed by atoms with Gasteiger partial charge in [-0.2, -0.15) is 5.01 Å². The van der Waals surface area contributed by atoms with E-state index in [0.717, 1.165) is 20.8 Å². The van der Waals surface area contributed by atoms with Crippen LogP contribution in [0.15, 0.2) is 91.0 Å². The van der Waals surface area contributed by atoms with Crippen molar-refractivity contribution in [2.24, 2.45) is 5.84 Å². The van der Waals surface area contributed by atoms with E-state index in [2.05, 4.69) is 36.4 Å². The molecule has 1 aliphatic rings. The number of nitrogens with two attached hydrogens (primary N) is 1. The Labute approximate surface area is 228 Å². The van der Waals surface area contributed by atoms with Gasteiger partial charge in [0.05, 0.1) is 0 Å². The number of ether oxygens (including phenoxy) is 1. The van der Waals surface area contributed by atoms with Gasteiger partial charge in [-0.15, -0.1) is 0 Å². The number of urea groups is 1.